The average molecular weight is 525 g/mol. The Kier molecular flexibility index (Phi) is 6.76. The van der Waals surface area contributed by atoms with Crippen LogP contribution in [0.25, 0.3) is 17.1 Å². The number of nitrogens with two attached hydrogens (primary N) is 1. The molecule has 1 aliphatic rings. The van der Waals surface area contributed by atoms with Crippen LogP contribution in [0.15, 0.2) is 47.1 Å². The molecular weight excluding hydrogens is 495 g/mol. The van der Waals surface area contributed by atoms with E-state index in [4.69, 9.17) is 14.9 Å². The predicted molar refractivity (Wildman–Crippen MR) is 139 cm³/mol. The third-order valence-electron chi connectivity index (χ3n) is 6.35. The Balaban J connectivity index is 1.13. The maximum Gasteiger partial charge on any atom is 0.347 e. The molecule has 3 aromatic heterocycles. The summed E-state index contributed by atoms with van der Waals surface area (Å²) in [4.78, 5) is 24.3. The number of anilines is 3. The second-order valence-corrected chi connectivity index (χ2v) is 9.47. The molecule has 0 spiro atoms. The highest BCUT2D eigenvalue weighted by atomic mass is 19.1. The van der Waals surface area contributed by atoms with Gasteiger partial charge in [-0.1, -0.05) is 0 Å². The molecule has 0 aliphatic carbocycles. The van der Waals surface area contributed by atoms with E-state index in [2.05, 4.69) is 25.3 Å². The first kappa shape index (κ1) is 25.3. The first-order valence-corrected chi connectivity index (χ1v) is 12.2. The first-order valence-electron chi connectivity index (χ1n) is 12.2. The number of aliphatic carboxylic acids is 1. The molecule has 12 nitrogen and oxygen atoms in total. The van der Waals surface area contributed by atoms with E-state index < -0.39 is 17.4 Å². The Morgan fingerprint density at radius 2 is 2.00 bits per heavy atom. The third-order valence-corrected chi connectivity index (χ3v) is 6.35. The highest BCUT2D eigenvalue weighted by Gasteiger charge is 2.30. The molecule has 4 N–H and O–H groups in total. The van der Waals surface area contributed by atoms with Crippen molar-refractivity contribution in [2.45, 2.75) is 19.4 Å². The molecule has 4 aromatic rings. The number of halogens is 1. The number of nitrogens with one attached hydrogen (secondary N) is 1. The molecule has 13 heteroatoms. The van der Waals surface area contributed by atoms with Gasteiger partial charge >= 0.3 is 5.97 Å². The van der Waals surface area contributed by atoms with Gasteiger partial charge in [0.15, 0.2) is 17.0 Å². The second kappa shape index (κ2) is 10.2. The van der Waals surface area contributed by atoms with Crippen LogP contribution in [0.3, 0.4) is 0 Å². The summed E-state index contributed by atoms with van der Waals surface area (Å²) in [6.45, 7) is 7.01. The molecule has 1 aliphatic heterocycles. The summed E-state index contributed by atoms with van der Waals surface area (Å²) < 4.78 is 27.1. The van der Waals surface area contributed by atoms with Crippen molar-refractivity contribution in [2.75, 3.05) is 55.2 Å². The number of ether oxygens (including phenoxy) is 1. The quantitative estimate of drug-likeness (QED) is 0.297. The Labute approximate surface area is 217 Å². The smallest absolute Gasteiger partial charge is 0.347 e. The molecular formula is C25H29FN8O4. The number of rotatable bonds is 9. The van der Waals surface area contributed by atoms with Crippen LogP contribution in [-0.4, -0.2) is 80.4 Å². The lowest BCUT2D eigenvalue weighted by Gasteiger charge is -2.36. The summed E-state index contributed by atoms with van der Waals surface area (Å²) in [5.74, 6) is -0.139. The van der Waals surface area contributed by atoms with Gasteiger partial charge in [0.1, 0.15) is 17.3 Å². The lowest BCUT2D eigenvalue weighted by atomic mass is 10.1. The van der Waals surface area contributed by atoms with E-state index in [1.54, 1.807) is 30.5 Å². The van der Waals surface area contributed by atoms with E-state index in [0.29, 0.717) is 48.4 Å². The van der Waals surface area contributed by atoms with Gasteiger partial charge in [-0.25, -0.2) is 9.18 Å². The minimum absolute atomic E-state index is 0.178. The van der Waals surface area contributed by atoms with Crippen molar-refractivity contribution in [2.24, 2.45) is 0 Å². The van der Waals surface area contributed by atoms with E-state index in [1.165, 1.54) is 24.4 Å². The lowest BCUT2D eigenvalue weighted by Crippen LogP contribution is -2.48. The highest BCUT2D eigenvalue weighted by Crippen LogP contribution is 2.27. The van der Waals surface area contributed by atoms with E-state index in [0.717, 1.165) is 19.6 Å². The fourth-order valence-electron chi connectivity index (χ4n) is 4.22. The topological polar surface area (TPSA) is 147 Å². The Hall–Kier alpha value is -4.39. The standard InChI is InChI=1S/C25H29FN8O4/c1-25(2,22(35)36)38-16-5-6-19(17(26)14-16)33-11-9-32(10-12-33)8-7-28-24-29-21-15-18(20-4-3-13-37-20)31-34(21)23(27)30-24/h3-6,13-15H,7-12H2,1-2H3,(H,35,36)(H3,27,28,29,30). The van der Waals surface area contributed by atoms with Crippen molar-refractivity contribution in [3.63, 3.8) is 0 Å². The van der Waals surface area contributed by atoms with Crippen molar-refractivity contribution >= 4 is 29.2 Å². The molecule has 0 amide bonds. The second-order valence-electron chi connectivity index (χ2n) is 9.47. The number of benzene rings is 1. The lowest BCUT2D eigenvalue weighted by molar-refractivity contribution is -0.152. The Bertz CT molecular complexity index is 1430. The fraction of sp³-hybridized carbons (Fsp3) is 0.360. The molecule has 0 saturated carbocycles. The number of aromatic nitrogens is 4. The van der Waals surface area contributed by atoms with E-state index in [9.17, 15) is 14.3 Å². The summed E-state index contributed by atoms with van der Waals surface area (Å²) in [5, 5.41) is 16.8. The number of furan rings is 1. The van der Waals surface area contributed by atoms with Crippen LogP contribution in [-0.2, 0) is 4.79 Å². The van der Waals surface area contributed by atoms with Gasteiger partial charge in [0.2, 0.25) is 11.9 Å². The van der Waals surface area contributed by atoms with Crippen molar-refractivity contribution in [3.05, 3.63) is 48.5 Å². The summed E-state index contributed by atoms with van der Waals surface area (Å²) in [6.07, 6.45) is 1.58. The fourth-order valence-corrected chi connectivity index (χ4v) is 4.22. The molecule has 1 aromatic carbocycles. The van der Waals surface area contributed by atoms with Crippen LogP contribution in [0.1, 0.15) is 13.8 Å². The number of hydrogen-bond donors (Lipinski definition) is 3. The minimum Gasteiger partial charge on any atom is -0.478 e. The Morgan fingerprint density at radius 3 is 2.68 bits per heavy atom. The molecule has 1 saturated heterocycles. The SMILES string of the molecule is CC(C)(Oc1ccc(N2CCN(CCNc3nc(N)n4nc(-c5ccco5)cc4n3)CC2)c(F)c1)C(=O)O. The minimum atomic E-state index is -1.45. The number of piperazine rings is 1. The van der Waals surface area contributed by atoms with Gasteiger partial charge in [0.05, 0.1) is 12.0 Å². The molecule has 0 unspecified atom stereocenters. The highest BCUT2D eigenvalue weighted by molar-refractivity contribution is 5.76. The van der Waals surface area contributed by atoms with Gasteiger partial charge in [0, 0.05) is 51.4 Å². The molecule has 200 valence electrons. The summed E-state index contributed by atoms with van der Waals surface area (Å²) >= 11 is 0. The van der Waals surface area contributed by atoms with Crippen molar-refractivity contribution in [3.8, 4) is 17.2 Å². The molecule has 5 rings (SSSR count). The monoisotopic (exact) mass is 524 g/mol. The average Bonchev–Trinajstić information content (AvgIpc) is 3.55. The zero-order chi connectivity index (χ0) is 26.9. The Morgan fingerprint density at radius 1 is 1.21 bits per heavy atom. The van der Waals surface area contributed by atoms with E-state index in [-0.39, 0.29) is 11.7 Å². The first-order chi connectivity index (χ1) is 18.2. The van der Waals surface area contributed by atoms with E-state index in [1.807, 2.05) is 11.0 Å². The van der Waals surface area contributed by atoms with Gasteiger partial charge in [-0.3, -0.25) is 4.90 Å². The maximum absolute atomic E-state index is 14.8. The number of carboxylic acids is 1. The molecule has 0 radical (unpaired) electrons. The molecule has 38 heavy (non-hydrogen) atoms. The number of fused-ring (bicyclic) bond motifs is 1. The number of carbonyl (C=O) groups is 1. The van der Waals surface area contributed by atoms with Crippen LogP contribution in [0.2, 0.25) is 0 Å². The van der Waals surface area contributed by atoms with Gasteiger partial charge in [-0.2, -0.15) is 19.6 Å². The molecule has 0 bridgehead atoms. The van der Waals surface area contributed by atoms with Crippen LogP contribution >= 0.6 is 0 Å². The van der Waals surface area contributed by atoms with Crippen molar-refractivity contribution < 1.29 is 23.4 Å². The molecule has 1 fully saturated rings. The maximum atomic E-state index is 14.8. The zero-order valence-corrected chi connectivity index (χ0v) is 21.1. The number of nitrogen functional groups attached to an aromatic ring is 1. The van der Waals surface area contributed by atoms with Crippen LogP contribution in [0.5, 0.6) is 5.75 Å². The zero-order valence-electron chi connectivity index (χ0n) is 21.1. The summed E-state index contributed by atoms with van der Waals surface area (Å²) in [5.41, 5.74) is 6.27. The number of carboxylic acid groups (broad SMARTS) is 1. The largest absolute Gasteiger partial charge is 0.478 e. The van der Waals surface area contributed by atoms with Gasteiger partial charge in [-0.15, -0.1) is 0 Å². The summed E-state index contributed by atoms with van der Waals surface area (Å²) in [7, 11) is 0. The van der Waals surface area contributed by atoms with Crippen LogP contribution in [0.4, 0.5) is 22.0 Å². The van der Waals surface area contributed by atoms with Crippen molar-refractivity contribution in [1.29, 1.82) is 0 Å². The molecule has 4 heterocycles. The summed E-state index contributed by atoms with van der Waals surface area (Å²) in [6, 6.07) is 9.84. The normalized spacial score (nSPS) is 14.7. The van der Waals surface area contributed by atoms with Crippen LogP contribution < -0.4 is 20.7 Å². The van der Waals surface area contributed by atoms with Gasteiger partial charge in [-0.05, 0) is 38.1 Å². The third kappa shape index (κ3) is 5.32. The van der Waals surface area contributed by atoms with Crippen molar-refractivity contribution in [1.82, 2.24) is 24.5 Å². The number of hydrogen-bond acceptors (Lipinski definition) is 10. The number of nitrogens with zero attached hydrogens (tertiary/aromatic N) is 6. The van der Waals surface area contributed by atoms with Gasteiger partial charge in [0.25, 0.3) is 0 Å². The predicted octanol–water partition coefficient (Wildman–Crippen LogP) is 2.58. The van der Waals surface area contributed by atoms with Gasteiger partial charge < -0.3 is 30.2 Å². The van der Waals surface area contributed by atoms with Crippen LogP contribution in [0, 0.1) is 5.82 Å². The van der Waals surface area contributed by atoms with E-state index >= 15 is 0 Å². The molecule has 0 atom stereocenters.